The normalized spacial score (nSPS) is 10.9. The number of nitrogens with one attached hydrogen (secondary N) is 1. The number of hydrogen-bond acceptors (Lipinski definition) is 5. The lowest BCUT2D eigenvalue weighted by Crippen LogP contribution is -2.09. The van der Waals surface area contributed by atoms with E-state index in [1.54, 1.807) is 38.8 Å². The van der Waals surface area contributed by atoms with Crippen LogP contribution in [0.4, 0.5) is 5.69 Å². The van der Waals surface area contributed by atoms with Crippen LogP contribution in [0.25, 0.3) is 17.3 Å². The van der Waals surface area contributed by atoms with Crippen molar-refractivity contribution in [3.63, 3.8) is 0 Å². The van der Waals surface area contributed by atoms with E-state index in [0.29, 0.717) is 23.7 Å². The van der Waals surface area contributed by atoms with E-state index in [1.165, 1.54) is 6.08 Å². The average Bonchev–Trinajstić information content (AvgIpc) is 3.27. The Bertz CT molecular complexity index is 1300. The Labute approximate surface area is 198 Å². The molecule has 1 amide bonds. The van der Waals surface area contributed by atoms with E-state index in [-0.39, 0.29) is 5.91 Å². The molecular weight excluding hydrogens is 428 g/mol. The summed E-state index contributed by atoms with van der Waals surface area (Å²) in [7, 11) is 3.14. The molecule has 2 aromatic carbocycles. The molecule has 0 aliphatic rings. The first kappa shape index (κ1) is 22.8. The van der Waals surface area contributed by atoms with E-state index < -0.39 is 0 Å². The highest BCUT2D eigenvalue weighted by molar-refractivity contribution is 6.03. The molecule has 2 aromatic heterocycles. The first-order valence-corrected chi connectivity index (χ1v) is 10.8. The van der Waals surface area contributed by atoms with Gasteiger partial charge in [0.2, 0.25) is 5.91 Å². The molecule has 1 N–H and O–H groups in total. The van der Waals surface area contributed by atoms with Gasteiger partial charge in [0.25, 0.3) is 0 Å². The Hall–Kier alpha value is -4.39. The summed E-state index contributed by atoms with van der Waals surface area (Å²) in [6.07, 6.45) is 8.68. The van der Waals surface area contributed by atoms with Gasteiger partial charge < -0.3 is 14.8 Å². The van der Waals surface area contributed by atoms with Crippen LogP contribution in [-0.2, 0) is 11.3 Å². The molecule has 0 aliphatic heterocycles. The second-order valence-corrected chi connectivity index (χ2v) is 7.70. The van der Waals surface area contributed by atoms with Crippen molar-refractivity contribution in [1.82, 2.24) is 14.8 Å². The predicted octanol–water partition coefficient (Wildman–Crippen LogP) is 4.97. The average molecular weight is 455 g/mol. The van der Waals surface area contributed by atoms with Gasteiger partial charge in [-0.2, -0.15) is 5.10 Å². The third-order valence-electron chi connectivity index (χ3n) is 5.32. The largest absolute Gasteiger partial charge is 0.493 e. The fourth-order valence-corrected chi connectivity index (χ4v) is 3.59. The number of benzene rings is 2. The molecular formula is C27H26N4O3. The summed E-state index contributed by atoms with van der Waals surface area (Å²) in [4.78, 5) is 16.9. The summed E-state index contributed by atoms with van der Waals surface area (Å²) in [5.74, 6) is 0.900. The quantitative estimate of drug-likeness (QED) is 0.380. The second kappa shape index (κ2) is 10.5. The zero-order valence-electron chi connectivity index (χ0n) is 19.4. The van der Waals surface area contributed by atoms with Crippen LogP contribution >= 0.6 is 0 Å². The molecule has 0 saturated heterocycles. The third-order valence-corrected chi connectivity index (χ3v) is 5.32. The van der Waals surface area contributed by atoms with Crippen LogP contribution < -0.4 is 14.8 Å². The number of carbonyl (C=O) groups excluding carboxylic acids is 1. The Morgan fingerprint density at radius 3 is 2.53 bits per heavy atom. The summed E-state index contributed by atoms with van der Waals surface area (Å²) in [6.45, 7) is 2.52. The van der Waals surface area contributed by atoms with Gasteiger partial charge in [-0.25, -0.2) is 0 Å². The lowest BCUT2D eigenvalue weighted by atomic mass is 10.1. The van der Waals surface area contributed by atoms with Crippen molar-refractivity contribution in [3.05, 3.63) is 96.0 Å². The summed E-state index contributed by atoms with van der Waals surface area (Å²) < 4.78 is 12.5. The minimum atomic E-state index is -0.261. The molecule has 0 atom stereocenters. The van der Waals surface area contributed by atoms with Crippen LogP contribution in [0.3, 0.4) is 0 Å². The lowest BCUT2D eigenvalue weighted by molar-refractivity contribution is -0.111. The monoisotopic (exact) mass is 454 g/mol. The number of pyridine rings is 1. The zero-order valence-corrected chi connectivity index (χ0v) is 19.4. The lowest BCUT2D eigenvalue weighted by Gasteiger charge is -2.12. The van der Waals surface area contributed by atoms with Crippen LogP contribution in [0.1, 0.15) is 16.7 Å². The van der Waals surface area contributed by atoms with Crippen LogP contribution in [-0.4, -0.2) is 34.9 Å². The van der Waals surface area contributed by atoms with Crippen LogP contribution in [0.15, 0.2) is 79.3 Å². The highest BCUT2D eigenvalue weighted by Crippen LogP contribution is 2.33. The fraction of sp³-hybridized carbons (Fsp3) is 0.148. The number of rotatable bonds is 8. The standard InChI is InChI=1S/C27H26N4O3/c1-19-14-24(33-2)25(34-3)15-23(19)29-26(32)12-11-22-18-31(17-20-8-5-4-6-9-20)30-27(22)21-10-7-13-28-16-21/h4-16,18H,17H2,1-3H3,(H,29,32)/b12-11+. The number of carbonyl (C=O) groups is 1. The van der Waals surface area contributed by atoms with E-state index in [2.05, 4.69) is 22.4 Å². The van der Waals surface area contributed by atoms with Crippen LogP contribution in [0.5, 0.6) is 11.5 Å². The van der Waals surface area contributed by atoms with E-state index >= 15 is 0 Å². The van der Waals surface area contributed by atoms with Gasteiger partial charge in [-0.3, -0.25) is 14.5 Å². The Kier molecular flexibility index (Phi) is 7.03. The second-order valence-electron chi connectivity index (χ2n) is 7.70. The Morgan fingerprint density at radius 1 is 1.06 bits per heavy atom. The molecule has 7 heteroatoms. The maximum Gasteiger partial charge on any atom is 0.248 e. The van der Waals surface area contributed by atoms with E-state index in [0.717, 1.165) is 27.9 Å². The van der Waals surface area contributed by atoms with Gasteiger partial charge in [-0.05, 0) is 42.3 Å². The number of hydrogen-bond donors (Lipinski definition) is 1. The Balaban J connectivity index is 1.58. The topological polar surface area (TPSA) is 78.3 Å². The van der Waals surface area contributed by atoms with E-state index in [4.69, 9.17) is 14.6 Å². The van der Waals surface area contributed by atoms with Crippen LogP contribution in [0.2, 0.25) is 0 Å². The van der Waals surface area contributed by atoms with Crippen molar-refractivity contribution in [1.29, 1.82) is 0 Å². The number of ether oxygens (including phenoxy) is 2. The minimum Gasteiger partial charge on any atom is -0.493 e. The molecule has 4 aromatic rings. The number of amides is 1. The number of nitrogens with zero attached hydrogens (tertiary/aromatic N) is 3. The molecule has 0 saturated carbocycles. The summed E-state index contributed by atoms with van der Waals surface area (Å²) >= 11 is 0. The molecule has 2 heterocycles. The van der Waals surface area contributed by atoms with Crippen molar-refractivity contribution >= 4 is 17.7 Å². The number of methoxy groups -OCH3 is 2. The summed E-state index contributed by atoms with van der Waals surface area (Å²) in [5.41, 5.74) is 5.12. The number of aromatic nitrogens is 3. The van der Waals surface area contributed by atoms with Crippen molar-refractivity contribution in [3.8, 4) is 22.8 Å². The van der Waals surface area contributed by atoms with Crippen molar-refractivity contribution in [2.45, 2.75) is 13.5 Å². The summed E-state index contributed by atoms with van der Waals surface area (Å²) in [6, 6.07) is 17.5. The zero-order chi connectivity index (χ0) is 23.9. The molecule has 7 nitrogen and oxygen atoms in total. The minimum absolute atomic E-state index is 0.261. The molecule has 0 bridgehead atoms. The van der Waals surface area contributed by atoms with Gasteiger partial charge in [0.05, 0.1) is 20.8 Å². The van der Waals surface area contributed by atoms with Gasteiger partial charge in [-0.1, -0.05) is 30.3 Å². The molecule has 172 valence electrons. The van der Waals surface area contributed by atoms with Gasteiger partial charge in [0.15, 0.2) is 11.5 Å². The van der Waals surface area contributed by atoms with Crippen molar-refractivity contribution in [2.24, 2.45) is 0 Å². The van der Waals surface area contributed by atoms with Crippen molar-refractivity contribution in [2.75, 3.05) is 19.5 Å². The third kappa shape index (κ3) is 5.32. The molecule has 0 unspecified atom stereocenters. The van der Waals surface area contributed by atoms with Gasteiger partial charge >= 0.3 is 0 Å². The highest BCUT2D eigenvalue weighted by atomic mass is 16.5. The molecule has 4 rings (SSSR count). The van der Waals surface area contributed by atoms with E-state index in [1.807, 2.05) is 54.2 Å². The van der Waals surface area contributed by atoms with Gasteiger partial charge in [-0.15, -0.1) is 0 Å². The number of aryl methyl sites for hydroxylation is 1. The Morgan fingerprint density at radius 2 is 1.82 bits per heavy atom. The highest BCUT2D eigenvalue weighted by Gasteiger charge is 2.12. The smallest absolute Gasteiger partial charge is 0.248 e. The maximum absolute atomic E-state index is 12.7. The molecule has 0 fully saturated rings. The maximum atomic E-state index is 12.7. The molecule has 0 aliphatic carbocycles. The predicted molar refractivity (Wildman–Crippen MR) is 133 cm³/mol. The SMILES string of the molecule is COc1cc(C)c(NC(=O)/C=C/c2cn(Cc3ccccc3)nc2-c2cccnc2)cc1OC. The first-order chi connectivity index (χ1) is 16.6. The molecule has 34 heavy (non-hydrogen) atoms. The van der Waals surface area contributed by atoms with E-state index in [9.17, 15) is 4.79 Å². The number of anilines is 1. The molecule has 0 radical (unpaired) electrons. The molecule has 0 spiro atoms. The van der Waals surface area contributed by atoms with Crippen LogP contribution in [0, 0.1) is 6.92 Å². The summed E-state index contributed by atoms with van der Waals surface area (Å²) in [5, 5.41) is 7.67. The van der Waals surface area contributed by atoms with Gasteiger partial charge in [0.1, 0.15) is 5.69 Å². The van der Waals surface area contributed by atoms with Gasteiger partial charge in [0, 0.05) is 47.5 Å². The fourth-order valence-electron chi connectivity index (χ4n) is 3.59. The van der Waals surface area contributed by atoms with Crippen molar-refractivity contribution < 1.29 is 14.3 Å². The first-order valence-electron chi connectivity index (χ1n) is 10.8.